The molecule has 0 aliphatic carbocycles. The fraction of sp³-hybridized carbons (Fsp3) is 0.875. The number of thiocarbonyl (C=S) groups is 1. The molecular formula is C8H18N2O2S2. The smallest absolute Gasteiger partial charge is 0.220 e. The molecule has 0 fully saturated rings. The minimum Gasteiger partial charge on any atom is -0.392 e. The monoisotopic (exact) mass is 238 g/mol. The maximum atomic E-state index is 11.6. The van der Waals surface area contributed by atoms with Crippen molar-refractivity contribution in [1.29, 1.82) is 0 Å². The van der Waals surface area contributed by atoms with Crippen LogP contribution in [0, 0.1) is 0 Å². The summed E-state index contributed by atoms with van der Waals surface area (Å²) in [5.41, 5.74) is 5.23. The average molecular weight is 238 g/mol. The fourth-order valence-electron chi connectivity index (χ4n) is 1.10. The van der Waals surface area contributed by atoms with Gasteiger partial charge in [0.15, 0.2) is 0 Å². The fourth-order valence-corrected chi connectivity index (χ4v) is 2.89. The Balaban J connectivity index is 4.41. The van der Waals surface area contributed by atoms with Crippen LogP contribution in [0.5, 0.6) is 0 Å². The van der Waals surface area contributed by atoms with Crippen LogP contribution < -0.4 is 5.73 Å². The molecule has 0 aliphatic rings. The molecule has 6 heteroatoms. The summed E-state index contributed by atoms with van der Waals surface area (Å²) in [5, 5.41) is 0. The second kappa shape index (κ2) is 6.31. The Morgan fingerprint density at radius 3 is 2.36 bits per heavy atom. The normalized spacial score (nSPS) is 11.9. The van der Waals surface area contributed by atoms with Gasteiger partial charge in [0.05, 0.1) is 4.99 Å². The third-order valence-corrected chi connectivity index (χ3v) is 4.06. The molecule has 0 aromatic heterocycles. The van der Waals surface area contributed by atoms with E-state index in [4.69, 9.17) is 5.73 Å². The number of nitrogens with two attached hydrogens (primary N) is 1. The van der Waals surface area contributed by atoms with Gasteiger partial charge >= 0.3 is 0 Å². The second-order valence-corrected chi connectivity index (χ2v) is 5.56. The number of unbranched alkanes of at least 4 members (excludes halogenated alkanes) is 1. The molecule has 0 aliphatic heterocycles. The minimum atomic E-state index is -3.28. The van der Waals surface area contributed by atoms with E-state index in [0.717, 1.165) is 12.8 Å². The van der Waals surface area contributed by atoms with Crippen LogP contribution in [0.4, 0.5) is 0 Å². The first-order valence-corrected chi connectivity index (χ1v) is 6.72. The van der Waals surface area contributed by atoms with E-state index in [1.54, 1.807) is 0 Å². The van der Waals surface area contributed by atoms with Crippen LogP contribution in [0.25, 0.3) is 0 Å². The van der Waals surface area contributed by atoms with Crippen molar-refractivity contribution < 1.29 is 8.42 Å². The molecule has 4 nitrogen and oxygen atoms in total. The Morgan fingerprint density at radius 1 is 1.43 bits per heavy atom. The number of sulfonamides is 1. The van der Waals surface area contributed by atoms with Crippen molar-refractivity contribution >= 4 is 27.2 Å². The van der Waals surface area contributed by atoms with Gasteiger partial charge in [-0.15, -0.1) is 0 Å². The van der Waals surface area contributed by atoms with Crippen LogP contribution in [0.3, 0.4) is 0 Å². The molecule has 0 rings (SSSR count). The molecule has 14 heavy (non-hydrogen) atoms. The van der Waals surface area contributed by atoms with Crippen LogP contribution in [-0.4, -0.2) is 36.6 Å². The summed E-state index contributed by atoms with van der Waals surface area (Å²) in [6.45, 7) is 4.86. The summed E-state index contributed by atoms with van der Waals surface area (Å²) in [6.07, 6.45) is 1.84. The molecule has 0 aromatic rings. The van der Waals surface area contributed by atoms with E-state index in [9.17, 15) is 8.42 Å². The first-order valence-electron chi connectivity index (χ1n) is 4.70. The summed E-state index contributed by atoms with van der Waals surface area (Å²) in [4.78, 5) is 0.0277. The predicted octanol–water partition coefficient (Wildman–Crippen LogP) is 0.724. The Bertz CT molecular complexity index is 275. The lowest BCUT2D eigenvalue weighted by Crippen LogP contribution is -2.37. The van der Waals surface area contributed by atoms with Crippen molar-refractivity contribution in [3.63, 3.8) is 0 Å². The predicted molar refractivity (Wildman–Crippen MR) is 62.7 cm³/mol. The van der Waals surface area contributed by atoms with Crippen LogP contribution >= 0.6 is 12.2 Å². The third-order valence-electron chi connectivity index (χ3n) is 1.83. The van der Waals surface area contributed by atoms with Gasteiger partial charge in [-0.2, -0.15) is 0 Å². The standard InChI is InChI=1S/C8H18N2O2S2/c1-3-5-6-10(4-2)14(11,12)7-8(9)13/h3-7H2,1-2H3,(H2,9,13). The van der Waals surface area contributed by atoms with Crippen LogP contribution in [0.15, 0.2) is 0 Å². The molecule has 0 radical (unpaired) electrons. The third kappa shape index (κ3) is 4.88. The molecule has 84 valence electrons. The highest BCUT2D eigenvalue weighted by molar-refractivity contribution is 7.92. The summed E-state index contributed by atoms with van der Waals surface area (Å²) >= 11 is 4.60. The Kier molecular flexibility index (Phi) is 6.22. The van der Waals surface area contributed by atoms with Crippen LogP contribution in [0.1, 0.15) is 26.7 Å². The van der Waals surface area contributed by atoms with E-state index < -0.39 is 10.0 Å². The quantitative estimate of drug-likeness (QED) is 0.664. The van der Waals surface area contributed by atoms with Gasteiger partial charge < -0.3 is 5.73 Å². The molecule has 0 atom stereocenters. The molecule has 0 amide bonds. The Labute approximate surface area is 91.5 Å². The summed E-state index contributed by atoms with van der Waals surface area (Å²) < 4.78 is 24.7. The van der Waals surface area contributed by atoms with E-state index >= 15 is 0 Å². The van der Waals surface area contributed by atoms with Gasteiger partial charge in [0, 0.05) is 13.1 Å². The van der Waals surface area contributed by atoms with E-state index in [-0.39, 0.29) is 10.7 Å². The van der Waals surface area contributed by atoms with Crippen molar-refractivity contribution in [2.45, 2.75) is 26.7 Å². The van der Waals surface area contributed by atoms with Crippen molar-refractivity contribution in [3.8, 4) is 0 Å². The molecule has 0 aromatic carbocycles. The lowest BCUT2D eigenvalue weighted by atomic mass is 10.3. The van der Waals surface area contributed by atoms with E-state index in [1.807, 2.05) is 13.8 Å². The average Bonchev–Trinajstić information content (AvgIpc) is 2.02. The van der Waals surface area contributed by atoms with E-state index in [1.165, 1.54) is 4.31 Å². The van der Waals surface area contributed by atoms with Gasteiger partial charge in [-0.1, -0.05) is 32.5 Å². The molecule has 0 bridgehead atoms. The molecule has 0 saturated carbocycles. The van der Waals surface area contributed by atoms with Gasteiger partial charge in [-0.3, -0.25) is 0 Å². The molecule has 0 heterocycles. The number of nitrogens with zero attached hydrogens (tertiary/aromatic N) is 1. The van der Waals surface area contributed by atoms with Gasteiger partial charge in [0.1, 0.15) is 5.75 Å². The first-order chi connectivity index (χ1) is 6.44. The highest BCUT2D eigenvalue weighted by Crippen LogP contribution is 2.03. The largest absolute Gasteiger partial charge is 0.392 e. The summed E-state index contributed by atoms with van der Waals surface area (Å²) in [5.74, 6) is -0.222. The van der Waals surface area contributed by atoms with Crippen molar-refractivity contribution in [2.75, 3.05) is 18.8 Å². The van der Waals surface area contributed by atoms with Crippen LogP contribution in [0.2, 0.25) is 0 Å². The number of rotatable bonds is 7. The molecule has 2 N–H and O–H groups in total. The first kappa shape index (κ1) is 13.8. The zero-order valence-corrected chi connectivity index (χ0v) is 10.3. The Hall–Kier alpha value is -0.200. The van der Waals surface area contributed by atoms with Crippen molar-refractivity contribution in [3.05, 3.63) is 0 Å². The van der Waals surface area contributed by atoms with Gasteiger partial charge in [-0.05, 0) is 6.42 Å². The number of hydrogen-bond donors (Lipinski definition) is 1. The SMILES string of the molecule is CCCCN(CC)S(=O)(=O)CC(N)=S. The number of hydrogen-bond acceptors (Lipinski definition) is 3. The maximum Gasteiger partial charge on any atom is 0.220 e. The van der Waals surface area contributed by atoms with Gasteiger partial charge in [0.2, 0.25) is 10.0 Å². The van der Waals surface area contributed by atoms with E-state index in [0.29, 0.717) is 13.1 Å². The topological polar surface area (TPSA) is 63.4 Å². The highest BCUT2D eigenvalue weighted by atomic mass is 32.2. The maximum absolute atomic E-state index is 11.6. The van der Waals surface area contributed by atoms with E-state index in [2.05, 4.69) is 12.2 Å². The summed E-state index contributed by atoms with van der Waals surface area (Å²) in [6, 6.07) is 0. The van der Waals surface area contributed by atoms with Crippen molar-refractivity contribution in [2.24, 2.45) is 5.73 Å². The second-order valence-electron chi connectivity index (χ2n) is 3.07. The minimum absolute atomic E-state index is 0.0277. The molecule has 0 spiro atoms. The Morgan fingerprint density at radius 2 is 2.00 bits per heavy atom. The lowest BCUT2D eigenvalue weighted by Gasteiger charge is -2.19. The van der Waals surface area contributed by atoms with Crippen LogP contribution in [-0.2, 0) is 10.0 Å². The molecule has 0 unspecified atom stereocenters. The highest BCUT2D eigenvalue weighted by Gasteiger charge is 2.20. The van der Waals surface area contributed by atoms with Crippen molar-refractivity contribution in [1.82, 2.24) is 4.31 Å². The zero-order valence-electron chi connectivity index (χ0n) is 8.69. The van der Waals surface area contributed by atoms with Gasteiger partial charge in [0.25, 0.3) is 0 Å². The lowest BCUT2D eigenvalue weighted by molar-refractivity contribution is 0.421. The zero-order chi connectivity index (χ0) is 11.2. The molecule has 0 saturated heterocycles. The molecular weight excluding hydrogens is 220 g/mol. The van der Waals surface area contributed by atoms with Gasteiger partial charge in [-0.25, -0.2) is 12.7 Å². The summed E-state index contributed by atoms with van der Waals surface area (Å²) in [7, 11) is -3.28.